The van der Waals surface area contributed by atoms with E-state index >= 15 is 0 Å². The molecule has 2 N–H and O–H groups in total. The molecule has 1 aromatic rings. The molecule has 0 heterocycles. The second-order valence-electron chi connectivity index (χ2n) is 3.94. The normalized spacial score (nSPS) is 14.6. The van der Waals surface area contributed by atoms with Gasteiger partial charge < -0.3 is 5.73 Å². The summed E-state index contributed by atoms with van der Waals surface area (Å²) in [6.45, 7) is 2.00. The number of halogens is 2. The zero-order chi connectivity index (χ0) is 12.8. The van der Waals surface area contributed by atoms with Crippen LogP contribution < -0.4 is 5.73 Å². The van der Waals surface area contributed by atoms with Gasteiger partial charge in [-0.25, -0.2) is 8.78 Å². The van der Waals surface area contributed by atoms with E-state index in [2.05, 4.69) is 0 Å². The number of nitrogens with two attached hydrogens (primary N) is 1. The van der Waals surface area contributed by atoms with Gasteiger partial charge in [-0.05, 0) is 37.5 Å². The lowest BCUT2D eigenvalue weighted by Crippen LogP contribution is -2.19. The van der Waals surface area contributed by atoms with E-state index in [1.165, 1.54) is 6.07 Å². The maximum Gasteiger partial charge on any atom is 0.160 e. The van der Waals surface area contributed by atoms with E-state index in [9.17, 15) is 13.0 Å². The fraction of sp³-hybridized carbons (Fsp3) is 0.500. The quantitative estimate of drug-likeness (QED) is 0.855. The number of rotatable bonds is 6. The molecule has 0 aliphatic rings. The van der Waals surface area contributed by atoms with Gasteiger partial charge in [0.15, 0.2) is 11.6 Å². The highest BCUT2D eigenvalue weighted by atomic mass is 32.2. The van der Waals surface area contributed by atoms with E-state index < -0.39 is 22.4 Å². The molecule has 0 bridgehead atoms. The molecule has 0 amide bonds. The number of hydrogen-bond donors (Lipinski definition) is 1. The first-order valence-electron chi connectivity index (χ1n) is 5.63. The van der Waals surface area contributed by atoms with E-state index in [1.54, 1.807) is 0 Å². The van der Waals surface area contributed by atoms with Crippen molar-refractivity contribution in [2.75, 3.05) is 5.75 Å². The molecule has 0 aliphatic heterocycles. The van der Waals surface area contributed by atoms with Gasteiger partial charge in [-0.2, -0.15) is 0 Å². The third-order valence-corrected chi connectivity index (χ3v) is 4.02. The summed E-state index contributed by atoms with van der Waals surface area (Å²) in [5.74, 6) is -1.45. The molecule has 2 atom stereocenters. The highest BCUT2D eigenvalue weighted by Gasteiger charge is 2.09. The van der Waals surface area contributed by atoms with Crippen LogP contribution in [0.4, 0.5) is 8.78 Å². The maximum absolute atomic E-state index is 12.9. The Bertz CT molecular complexity index is 398. The minimum Gasteiger partial charge on any atom is -0.328 e. The minimum atomic E-state index is -1.28. The molecule has 17 heavy (non-hydrogen) atoms. The second-order valence-corrected chi connectivity index (χ2v) is 5.51. The third-order valence-electron chi connectivity index (χ3n) is 2.58. The standard InChI is InChI=1S/C12H17F2NOS/c1-2-9(15)4-3-7-17(16)10-5-6-11(13)12(14)8-10/h5-6,8-9H,2-4,7,15H2,1H3. The van der Waals surface area contributed by atoms with Crippen LogP contribution in [0, 0.1) is 11.6 Å². The molecule has 0 radical (unpaired) electrons. The van der Waals surface area contributed by atoms with Crippen molar-refractivity contribution in [2.24, 2.45) is 5.73 Å². The fourth-order valence-corrected chi connectivity index (χ4v) is 2.54. The molecule has 0 aliphatic carbocycles. The van der Waals surface area contributed by atoms with Crippen LogP contribution in [-0.4, -0.2) is 16.0 Å². The van der Waals surface area contributed by atoms with E-state index in [1.807, 2.05) is 6.92 Å². The first-order valence-corrected chi connectivity index (χ1v) is 6.95. The summed E-state index contributed by atoms with van der Waals surface area (Å²) < 4.78 is 37.3. The van der Waals surface area contributed by atoms with Crippen LogP contribution in [0.2, 0.25) is 0 Å². The maximum atomic E-state index is 12.9. The molecule has 2 nitrogen and oxygen atoms in total. The predicted molar refractivity (Wildman–Crippen MR) is 65.1 cm³/mol. The van der Waals surface area contributed by atoms with Crippen LogP contribution in [0.25, 0.3) is 0 Å². The third kappa shape index (κ3) is 4.52. The smallest absolute Gasteiger partial charge is 0.160 e. The summed E-state index contributed by atoms with van der Waals surface area (Å²) in [4.78, 5) is 0.328. The molecule has 0 fully saturated rings. The Balaban J connectivity index is 2.50. The van der Waals surface area contributed by atoms with E-state index in [0.29, 0.717) is 10.6 Å². The van der Waals surface area contributed by atoms with Gasteiger partial charge in [-0.15, -0.1) is 0 Å². The van der Waals surface area contributed by atoms with Crippen LogP contribution in [-0.2, 0) is 10.8 Å². The highest BCUT2D eigenvalue weighted by molar-refractivity contribution is 7.85. The van der Waals surface area contributed by atoms with E-state index in [4.69, 9.17) is 5.73 Å². The summed E-state index contributed by atoms with van der Waals surface area (Å²) in [5, 5.41) is 0. The molecule has 0 saturated heterocycles. The molecular formula is C12H17F2NOS. The molecule has 0 aromatic heterocycles. The van der Waals surface area contributed by atoms with Crippen molar-refractivity contribution in [3.05, 3.63) is 29.8 Å². The fourth-order valence-electron chi connectivity index (χ4n) is 1.42. The zero-order valence-electron chi connectivity index (χ0n) is 9.79. The van der Waals surface area contributed by atoms with Gasteiger partial charge in [-0.3, -0.25) is 4.21 Å². The molecular weight excluding hydrogens is 244 g/mol. The van der Waals surface area contributed by atoms with E-state index in [-0.39, 0.29) is 6.04 Å². The van der Waals surface area contributed by atoms with Crippen LogP contribution in [0.3, 0.4) is 0 Å². The lowest BCUT2D eigenvalue weighted by Gasteiger charge is -2.08. The van der Waals surface area contributed by atoms with Gasteiger partial charge in [-0.1, -0.05) is 6.92 Å². The zero-order valence-corrected chi connectivity index (χ0v) is 10.6. The Labute approximate surface area is 103 Å². The molecule has 2 unspecified atom stereocenters. The first-order chi connectivity index (χ1) is 8.04. The van der Waals surface area contributed by atoms with E-state index in [0.717, 1.165) is 31.4 Å². The Hall–Kier alpha value is -0.810. The van der Waals surface area contributed by atoms with Crippen LogP contribution in [0.5, 0.6) is 0 Å². The highest BCUT2D eigenvalue weighted by Crippen LogP contribution is 2.13. The average molecular weight is 261 g/mol. The van der Waals surface area contributed by atoms with Gasteiger partial charge >= 0.3 is 0 Å². The molecule has 5 heteroatoms. The van der Waals surface area contributed by atoms with Gasteiger partial charge in [0.25, 0.3) is 0 Å². The molecule has 0 saturated carbocycles. The monoisotopic (exact) mass is 261 g/mol. The largest absolute Gasteiger partial charge is 0.328 e. The summed E-state index contributed by atoms with van der Waals surface area (Å²) in [7, 11) is -1.28. The lowest BCUT2D eigenvalue weighted by molar-refractivity contribution is 0.505. The Morgan fingerprint density at radius 2 is 2.06 bits per heavy atom. The number of hydrogen-bond acceptors (Lipinski definition) is 2. The lowest BCUT2D eigenvalue weighted by atomic mass is 10.1. The van der Waals surface area contributed by atoms with Crippen molar-refractivity contribution in [3.63, 3.8) is 0 Å². The molecule has 0 spiro atoms. The molecule has 1 aromatic carbocycles. The van der Waals surface area contributed by atoms with Crippen molar-refractivity contribution in [2.45, 2.75) is 37.1 Å². The molecule has 1 rings (SSSR count). The minimum absolute atomic E-state index is 0.122. The summed E-state index contributed by atoms with van der Waals surface area (Å²) >= 11 is 0. The van der Waals surface area contributed by atoms with Gasteiger partial charge in [0.2, 0.25) is 0 Å². The summed E-state index contributed by atoms with van der Waals surface area (Å²) in [6, 6.07) is 3.47. The van der Waals surface area contributed by atoms with Crippen LogP contribution in [0.15, 0.2) is 23.1 Å². The number of benzene rings is 1. The van der Waals surface area contributed by atoms with Crippen molar-refractivity contribution >= 4 is 10.8 Å². The Morgan fingerprint density at radius 1 is 1.35 bits per heavy atom. The Kier molecular flexibility index (Phi) is 5.71. The van der Waals surface area contributed by atoms with Crippen molar-refractivity contribution < 1.29 is 13.0 Å². The van der Waals surface area contributed by atoms with Gasteiger partial charge in [0, 0.05) is 16.7 Å². The van der Waals surface area contributed by atoms with Crippen LogP contribution >= 0.6 is 0 Å². The van der Waals surface area contributed by atoms with Crippen molar-refractivity contribution in [1.29, 1.82) is 0 Å². The average Bonchev–Trinajstić information content (AvgIpc) is 2.32. The van der Waals surface area contributed by atoms with Crippen molar-refractivity contribution in [1.82, 2.24) is 0 Å². The van der Waals surface area contributed by atoms with Crippen LogP contribution in [0.1, 0.15) is 26.2 Å². The summed E-state index contributed by atoms with van der Waals surface area (Å²) in [6.07, 6.45) is 2.41. The predicted octanol–water partition coefficient (Wildman–Crippen LogP) is 2.59. The van der Waals surface area contributed by atoms with Crippen molar-refractivity contribution in [3.8, 4) is 0 Å². The van der Waals surface area contributed by atoms with Gasteiger partial charge in [0.05, 0.1) is 10.8 Å². The SMILES string of the molecule is CCC(N)CCCS(=O)c1ccc(F)c(F)c1. The molecule has 96 valence electrons. The summed E-state index contributed by atoms with van der Waals surface area (Å²) in [5.41, 5.74) is 5.73. The first kappa shape index (κ1) is 14.3. The second kappa shape index (κ2) is 6.81. The topological polar surface area (TPSA) is 43.1 Å². The van der Waals surface area contributed by atoms with Gasteiger partial charge in [0.1, 0.15) is 0 Å². The Morgan fingerprint density at radius 3 is 2.65 bits per heavy atom.